The van der Waals surface area contributed by atoms with Crippen molar-refractivity contribution in [3.05, 3.63) is 132 Å². The van der Waals surface area contributed by atoms with Crippen LogP contribution in [-0.4, -0.2) is 95.8 Å². The van der Waals surface area contributed by atoms with Gasteiger partial charge in [0, 0.05) is 61.3 Å². The van der Waals surface area contributed by atoms with Gasteiger partial charge in [0.2, 0.25) is 0 Å². The molecule has 8 heteroatoms. The first-order valence-corrected chi connectivity index (χ1v) is 19.2. The van der Waals surface area contributed by atoms with E-state index in [4.69, 9.17) is 0 Å². The molecule has 7 aliphatic heterocycles. The second kappa shape index (κ2) is 11.7. The fourth-order valence-electron chi connectivity index (χ4n) is 14.6. The topological polar surface area (TPSA) is 46.9 Å². The Morgan fingerprint density at radius 3 is 1.50 bits per heavy atom. The number of hydrogen-bond acceptors (Lipinski definition) is 4. The summed E-state index contributed by atoms with van der Waals surface area (Å²) in [5.74, 6) is 0.615. The molecule has 6 nitrogen and oxygen atoms in total. The van der Waals surface area contributed by atoms with Gasteiger partial charge >= 0.3 is 0 Å². The first-order valence-electron chi connectivity index (χ1n) is 19.2. The zero-order valence-electron chi connectivity index (χ0n) is 29.9. The van der Waals surface area contributed by atoms with Crippen LogP contribution >= 0.6 is 0 Å². The van der Waals surface area contributed by atoms with Crippen LogP contribution < -0.4 is 34.6 Å². The van der Waals surface area contributed by atoms with Gasteiger partial charge < -0.3 is 53.8 Å². The Kier molecular flexibility index (Phi) is 7.80. The lowest BCUT2D eigenvalue weighted by Crippen LogP contribution is -3.00. The summed E-state index contributed by atoms with van der Waals surface area (Å²) in [6, 6.07) is 20.3. The number of hydrogen-bond donors (Lipinski definition) is 2. The highest BCUT2D eigenvalue weighted by molar-refractivity contribution is 5.77. The minimum absolute atomic E-state index is 0. The molecule has 2 aromatic rings. The molecule has 2 aromatic carbocycles. The van der Waals surface area contributed by atoms with Crippen molar-refractivity contribution < 1.29 is 44.0 Å². The predicted octanol–water partition coefficient (Wildman–Crippen LogP) is -0.516. The quantitative estimate of drug-likeness (QED) is 0.310. The first kappa shape index (κ1) is 34.7. The second-order valence-corrected chi connectivity index (χ2v) is 17.2. The average molecular weight is 738 g/mol. The summed E-state index contributed by atoms with van der Waals surface area (Å²) in [4.78, 5) is 5.54. The van der Waals surface area contributed by atoms with Gasteiger partial charge in [-0.15, -0.1) is 0 Å². The van der Waals surface area contributed by atoms with Gasteiger partial charge in [-0.25, -0.2) is 0 Å². The van der Waals surface area contributed by atoms with Crippen molar-refractivity contribution in [3.8, 4) is 0 Å². The van der Waals surface area contributed by atoms with Crippen molar-refractivity contribution >= 4 is 11.4 Å². The summed E-state index contributed by atoms with van der Waals surface area (Å²) in [5.41, 5.74) is 11.8. The first-order chi connectivity index (χ1) is 24.5. The van der Waals surface area contributed by atoms with Gasteiger partial charge in [0.25, 0.3) is 0 Å². The van der Waals surface area contributed by atoms with Crippen LogP contribution in [0.25, 0.3) is 0 Å². The number of benzene rings is 2. The van der Waals surface area contributed by atoms with Gasteiger partial charge in [-0.2, -0.15) is 0 Å². The van der Waals surface area contributed by atoms with Crippen molar-refractivity contribution in [2.45, 2.75) is 60.7 Å². The van der Waals surface area contributed by atoms with Crippen molar-refractivity contribution in [1.82, 2.24) is 0 Å². The summed E-state index contributed by atoms with van der Waals surface area (Å²) in [5, 5.41) is 20.9. The molecule has 4 bridgehead atoms. The summed E-state index contributed by atoms with van der Waals surface area (Å²) in [7, 11) is 0. The van der Waals surface area contributed by atoms with Gasteiger partial charge in [-0.3, -0.25) is 0 Å². The van der Waals surface area contributed by atoms with Crippen molar-refractivity contribution in [2.24, 2.45) is 11.8 Å². The van der Waals surface area contributed by atoms with Crippen LogP contribution in [0.5, 0.6) is 0 Å². The number of quaternary nitrogens is 2. The molecule has 0 amide bonds. The summed E-state index contributed by atoms with van der Waals surface area (Å²) < 4.78 is 2.12. The van der Waals surface area contributed by atoms with Crippen LogP contribution in [0.3, 0.4) is 0 Å². The SMILES string of the molecule is C=CC[N+]12CC[C@@]34c5ccccc5N5/C=C6/[C@H]7C[C@H]8[C@@]9(CC[N@@+]8(CC=C)C/C7=C/CO)c7ccccc7N(/C=C(/[C@@H](C[C@@H]31)/C(=C\CO)C2)[C@H]54)[C@@H]69.[Cl-].[Cl-]. The van der Waals surface area contributed by atoms with Crippen molar-refractivity contribution in [1.29, 1.82) is 0 Å². The number of para-hydroxylation sites is 2. The van der Waals surface area contributed by atoms with Crippen LogP contribution in [0.1, 0.15) is 36.8 Å². The van der Waals surface area contributed by atoms with Gasteiger partial charge in [-0.05, 0) is 57.7 Å². The lowest BCUT2D eigenvalue weighted by atomic mass is 9.56. The highest BCUT2D eigenvalue weighted by Gasteiger charge is 2.75. The normalized spacial score (nSPS) is 43.7. The van der Waals surface area contributed by atoms with E-state index in [2.05, 4.69) is 108 Å². The van der Waals surface area contributed by atoms with Gasteiger partial charge in [0.15, 0.2) is 0 Å². The standard InChI is InChI=1S/C44H50N4O2.2ClH/c1-3-17-47-19-15-43-35-9-5-7-11-37(35)45-26-34-32-24-40-44(16-20-48(40,18-4-2)28-30(32)14-22-50)36-10-6-8-12-38(36)46(42(34)44)25-33(41(43)45)31(23-39(43)47)29(27-47)13-21-49;;/h3-14,25-26,31-32,39-42,49-50H,1-2,15-24,27-28H2;2*1H/q+2;;/p-2/b29-13-,30-14-,33-25-,34-26-;;/t31-,32-,39-,40-,41-,42-,43+,44+,47-,48?;;/m0../s1. The van der Waals surface area contributed by atoms with Crippen LogP contribution in [0, 0.1) is 11.8 Å². The zero-order valence-corrected chi connectivity index (χ0v) is 31.4. The van der Waals surface area contributed by atoms with E-state index in [1.807, 2.05) is 0 Å². The largest absolute Gasteiger partial charge is 1.00 e. The van der Waals surface area contributed by atoms with E-state index in [0.29, 0.717) is 23.9 Å². The Bertz CT molecular complexity index is 1860. The van der Waals surface area contributed by atoms with E-state index < -0.39 is 0 Å². The minimum Gasteiger partial charge on any atom is -1.00 e. The third-order valence-corrected chi connectivity index (χ3v) is 15.9. The summed E-state index contributed by atoms with van der Waals surface area (Å²) in [6.45, 7) is 15.0. The van der Waals surface area contributed by atoms with E-state index in [9.17, 15) is 10.2 Å². The molecular weight excluding hydrogens is 687 g/mol. The molecule has 9 aliphatic rings. The Morgan fingerprint density at radius 1 is 0.673 bits per heavy atom. The number of aliphatic hydroxyl groups is 2. The van der Waals surface area contributed by atoms with Crippen LogP contribution in [0.2, 0.25) is 0 Å². The van der Waals surface area contributed by atoms with E-state index in [-0.39, 0.29) is 60.9 Å². The van der Waals surface area contributed by atoms with Gasteiger partial charge in [-0.1, -0.05) is 61.7 Å². The lowest BCUT2D eigenvalue weighted by Gasteiger charge is -2.59. The molecule has 6 fully saturated rings. The molecule has 4 saturated heterocycles. The molecule has 0 radical (unpaired) electrons. The maximum absolute atomic E-state index is 10.5. The lowest BCUT2D eigenvalue weighted by molar-refractivity contribution is -0.937. The van der Waals surface area contributed by atoms with E-state index in [1.54, 1.807) is 11.1 Å². The molecular formula is C44H50Cl2N4O2. The molecule has 7 heterocycles. The predicted molar refractivity (Wildman–Crippen MR) is 198 cm³/mol. The number of anilines is 2. The van der Waals surface area contributed by atoms with Gasteiger partial charge in [0.05, 0.1) is 62.3 Å². The molecule has 2 aliphatic carbocycles. The smallest absolute Gasteiger partial charge is 0.103 e. The fourth-order valence-corrected chi connectivity index (χ4v) is 14.6. The number of piperidine rings is 2. The highest BCUT2D eigenvalue weighted by atomic mass is 35.5. The van der Waals surface area contributed by atoms with Crippen LogP contribution in [0.4, 0.5) is 11.4 Å². The van der Waals surface area contributed by atoms with Crippen molar-refractivity contribution in [3.63, 3.8) is 0 Å². The molecule has 2 saturated carbocycles. The van der Waals surface area contributed by atoms with Crippen molar-refractivity contribution in [2.75, 3.05) is 62.3 Å². The van der Waals surface area contributed by atoms with E-state index >= 15 is 0 Å². The molecule has 1 unspecified atom stereocenters. The Labute approximate surface area is 320 Å². The Balaban J connectivity index is 0.00000180. The molecule has 272 valence electrons. The molecule has 52 heavy (non-hydrogen) atoms. The number of rotatable bonds is 6. The number of fused-ring (bicyclic) bond motifs is 8. The maximum atomic E-state index is 10.5. The third kappa shape index (κ3) is 3.82. The summed E-state index contributed by atoms with van der Waals surface area (Å²) in [6.07, 6.45) is 18.6. The van der Waals surface area contributed by atoms with Crippen LogP contribution in [0.15, 0.2) is 121 Å². The third-order valence-electron chi connectivity index (χ3n) is 15.9. The van der Waals surface area contributed by atoms with Gasteiger partial charge in [0.1, 0.15) is 25.2 Å². The molecule has 11 rings (SSSR count). The summed E-state index contributed by atoms with van der Waals surface area (Å²) >= 11 is 0. The molecule has 0 aromatic heterocycles. The molecule has 2 spiro atoms. The van der Waals surface area contributed by atoms with E-state index in [1.165, 1.54) is 33.6 Å². The number of aliphatic hydroxyl groups excluding tert-OH is 2. The van der Waals surface area contributed by atoms with E-state index in [0.717, 1.165) is 73.9 Å². The maximum Gasteiger partial charge on any atom is 0.103 e. The zero-order chi connectivity index (χ0) is 33.6. The Hall–Kier alpha value is -3.10. The molecule has 10 atom stereocenters. The highest BCUT2D eigenvalue weighted by Crippen LogP contribution is 2.69. The Morgan fingerprint density at radius 2 is 1.10 bits per heavy atom. The number of halogens is 2. The van der Waals surface area contributed by atoms with Crippen LogP contribution in [-0.2, 0) is 10.8 Å². The number of nitrogens with zero attached hydrogens (tertiary/aromatic N) is 4. The fraction of sp³-hybridized carbons (Fsp3) is 0.455. The minimum atomic E-state index is 0. The molecule has 2 N–H and O–H groups in total. The monoisotopic (exact) mass is 736 g/mol. The second-order valence-electron chi connectivity index (χ2n) is 17.2. The average Bonchev–Trinajstić information content (AvgIpc) is 3.81.